The molecular weight excluding hydrogens is 442 g/mol. The summed E-state index contributed by atoms with van der Waals surface area (Å²) in [4.78, 5) is 58.6. The van der Waals surface area contributed by atoms with Crippen LogP contribution in [0.25, 0.3) is 0 Å². The normalized spacial score (nSPS) is 10.1. The number of carbonyl (C=O) groups excluding carboxylic acids is 5. The molecule has 34 heavy (non-hydrogen) atoms. The topological polar surface area (TPSA) is 140 Å². The fourth-order valence-corrected chi connectivity index (χ4v) is 2.66. The van der Waals surface area contributed by atoms with E-state index in [1.165, 1.54) is 19.1 Å². The van der Waals surface area contributed by atoms with E-state index >= 15 is 0 Å². The van der Waals surface area contributed by atoms with Crippen LogP contribution in [0.2, 0.25) is 0 Å². The van der Waals surface area contributed by atoms with Gasteiger partial charge >= 0.3 is 11.9 Å². The average molecular weight is 469 g/mol. The molecule has 0 saturated heterocycles. The number of rotatable bonds is 11. The van der Waals surface area contributed by atoms with E-state index in [2.05, 4.69) is 16.0 Å². The molecular formula is C24H27N3O7. The monoisotopic (exact) mass is 469 g/mol. The lowest BCUT2D eigenvalue weighted by Gasteiger charge is -2.08. The Morgan fingerprint density at radius 1 is 0.706 bits per heavy atom. The van der Waals surface area contributed by atoms with Crippen LogP contribution in [0.15, 0.2) is 48.5 Å². The van der Waals surface area contributed by atoms with Crippen LogP contribution in [-0.4, -0.2) is 42.9 Å². The van der Waals surface area contributed by atoms with Crippen molar-refractivity contribution in [1.29, 1.82) is 0 Å². The maximum absolute atomic E-state index is 12.0. The Morgan fingerprint density at radius 3 is 1.79 bits per heavy atom. The van der Waals surface area contributed by atoms with E-state index in [9.17, 15) is 24.0 Å². The van der Waals surface area contributed by atoms with E-state index in [1.807, 2.05) is 6.92 Å². The van der Waals surface area contributed by atoms with E-state index < -0.39 is 30.4 Å². The van der Waals surface area contributed by atoms with Gasteiger partial charge in [0.2, 0.25) is 11.8 Å². The molecule has 0 atom stereocenters. The van der Waals surface area contributed by atoms with Gasteiger partial charge in [0.05, 0.1) is 18.6 Å². The number of ether oxygens (including phenoxy) is 2. The van der Waals surface area contributed by atoms with Crippen molar-refractivity contribution in [3.8, 4) is 0 Å². The fraction of sp³-hybridized carbons (Fsp3) is 0.292. The molecule has 0 aliphatic rings. The Balaban J connectivity index is 1.68. The minimum Gasteiger partial charge on any atom is -0.462 e. The molecule has 0 heterocycles. The van der Waals surface area contributed by atoms with Gasteiger partial charge in [0.1, 0.15) is 0 Å². The number of benzene rings is 2. The molecule has 2 aromatic rings. The van der Waals surface area contributed by atoms with Crippen molar-refractivity contribution in [3.05, 3.63) is 54.1 Å². The summed E-state index contributed by atoms with van der Waals surface area (Å²) in [5, 5.41) is 7.78. The fourth-order valence-electron chi connectivity index (χ4n) is 2.66. The lowest BCUT2D eigenvalue weighted by molar-refractivity contribution is -0.147. The molecule has 0 aromatic heterocycles. The molecule has 0 bridgehead atoms. The summed E-state index contributed by atoms with van der Waals surface area (Å²) in [6.45, 7) is 3.12. The summed E-state index contributed by atoms with van der Waals surface area (Å²) < 4.78 is 9.92. The van der Waals surface area contributed by atoms with Crippen LogP contribution in [0.4, 0.5) is 17.1 Å². The largest absolute Gasteiger partial charge is 0.462 e. The van der Waals surface area contributed by atoms with Crippen molar-refractivity contribution in [1.82, 2.24) is 0 Å². The highest BCUT2D eigenvalue weighted by Gasteiger charge is 2.12. The number of carbonyl (C=O) groups is 5. The molecule has 3 amide bonds. The van der Waals surface area contributed by atoms with Crippen LogP contribution in [-0.2, 0) is 28.7 Å². The van der Waals surface area contributed by atoms with Gasteiger partial charge in [-0.25, -0.2) is 4.79 Å². The molecule has 10 heteroatoms. The molecule has 0 fully saturated rings. The van der Waals surface area contributed by atoms with E-state index in [0.29, 0.717) is 29.2 Å². The van der Waals surface area contributed by atoms with Gasteiger partial charge in [0.15, 0.2) is 6.61 Å². The Kier molecular flexibility index (Phi) is 10.2. The maximum atomic E-state index is 12.0. The molecule has 0 aliphatic heterocycles. The van der Waals surface area contributed by atoms with Crippen LogP contribution in [0.1, 0.15) is 43.5 Å². The van der Waals surface area contributed by atoms with Crippen molar-refractivity contribution < 1.29 is 33.4 Å². The molecule has 0 radical (unpaired) electrons. The maximum Gasteiger partial charge on any atom is 0.338 e. The van der Waals surface area contributed by atoms with Crippen molar-refractivity contribution in [2.45, 2.75) is 33.1 Å². The summed E-state index contributed by atoms with van der Waals surface area (Å²) >= 11 is 0. The van der Waals surface area contributed by atoms with Gasteiger partial charge in [0, 0.05) is 30.4 Å². The number of nitrogens with one attached hydrogen (secondary N) is 3. The van der Waals surface area contributed by atoms with Gasteiger partial charge in [-0.15, -0.1) is 0 Å². The molecule has 0 unspecified atom stereocenters. The van der Waals surface area contributed by atoms with Crippen LogP contribution in [0, 0.1) is 0 Å². The van der Waals surface area contributed by atoms with Gasteiger partial charge in [-0.05, 0) is 55.0 Å². The third-order valence-electron chi connectivity index (χ3n) is 4.25. The summed E-state index contributed by atoms with van der Waals surface area (Å²) in [6, 6.07) is 12.6. The zero-order valence-corrected chi connectivity index (χ0v) is 19.0. The van der Waals surface area contributed by atoms with E-state index in [4.69, 9.17) is 9.47 Å². The number of amides is 3. The second kappa shape index (κ2) is 13.4. The molecule has 0 aliphatic carbocycles. The van der Waals surface area contributed by atoms with E-state index in [-0.39, 0.29) is 18.7 Å². The van der Waals surface area contributed by atoms with Crippen LogP contribution in [0.3, 0.4) is 0 Å². The molecule has 180 valence electrons. The zero-order chi connectivity index (χ0) is 24.9. The first-order valence-electron chi connectivity index (χ1n) is 10.7. The second-order valence-corrected chi connectivity index (χ2v) is 7.23. The smallest absolute Gasteiger partial charge is 0.338 e. The van der Waals surface area contributed by atoms with Gasteiger partial charge in [-0.2, -0.15) is 0 Å². The lowest BCUT2D eigenvalue weighted by atomic mass is 10.2. The highest BCUT2D eigenvalue weighted by atomic mass is 16.5. The summed E-state index contributed by atoms with van der Waals surface area (Å²) in [5.74, 6) is -2.29. The van der Waals surface area contributed by atoms with Gasteiger partial charge < -0.3 is 25.4 Å². The highest BCUT2D eigenvalue weighted by molar-refractivity contribution is 5.95. The Morgan fingerprint density at radius 2 is 1.24 bits per heavy atom. The molecule has 10 nitrogen and oxygen atoms in total. The van der Waals surface area contributed by atoms with Crippen LogP contribution >= 0.6 is 0 Å². The van der Waals surface area contributed by atoms with Gasteiger partial charge in [-0.1, -0.05) is 6.92 Å². The lowest BCUT2D eigenvalue weighted by Crippen LogP contribution is -2.21. The second-order valence-electron chi connectivity index (χ2n) is 7.23. The third kappa shape index (κ3) is 9.51. The van der Waals surface area contributed by atoms with Gasteiger partial charge in [0.25, 0.3) is 5.91 Å². The average Bonchev–Trinajstić information content (AvgIpc) is 2.81. The number of hydrogen-bond donors (Lipinski definition) is 3. The first-order valence-corrected chi connectivity index (χ1v) is 10.7. The molecule has 0 saturated carbocycles. The number of esters is 2. The van der Waals surface area contributed by atoms with Crippen LogP contribution < -0.4 is 16.0 Å². The van der Waals surface area contributed by atoms with Crippen LogP contribution in [0.5, 0.6) is 0 Å². The Bertz CT molecular complexity index is 1020. The molecule has 2 aromatic carbocycles. The summed E-state index contributed by atoms with van der Waals surface area (Å²) in [5.41, 5.74) is 1.89. The summed E-state index contributed by atoms with van der Waals surface area (Å²) in [6.07, 6.45) is 0.388. The Labute approximate surface area is 197 Å². The van der Waals surface area contributed by atoms with Crippen molar-refractivity contribution in [2.75, 3.05) is 29.2 Å². The van der Waals surface area contributed by atoms with Crippen molar-refractivity contribution in [3.63, 3.8) is 0 Å². The minimum atomic E-state index is -0.694. The Hall–Kier alpha value is -4.21. The quantitative estimate of drug-likeness (QED) is 0.430. The molecule has 2 rings (SSSR count). The zero-order valence-electron chi connectivity index (χ0n) is 19.0. The third-order valence-corrected chi connectivity index (χ3v) is 4.25. The molecule has 3 N–H and O–H groups in total. The number of anilines is 3. The number of hydrogen-bond acceptors (Lipinski definition) is 7. The minimum absolute atomic E-state index is 0.134. The SMILES string of the molecule is CCCOC(=O)c1ccc(NC(=O)CCC(=O)OCC(=O)Nc2ccc(NC(C)=O)cc2)cc1. The predicted molar refractivity (Wildman–Crippen MR) is 125 cm³/mol. The highest BCUT2D eigenvalue weighted by Crippen LogP contribution is 2.14. The standard InChI is InChI=1S/C24H27N3O7/c1-3-14-33-24(32)17-4-6-19(7-5-17)26-21(29)12-13-23(31)34-15-22(30)27-20-10-8-18(9-11-20)25-16(2)28/h4-11H,3,12-15H2,1-2H3,(H,25,28)(H,26,29)(H,27,30). The van der Waals surface area contributed by atoms with Crippen molar-refractivity contribution in [2.24, 2.45) is 0 Å². The first kappa shape index (κ1) is 26.0. The van der Waals surface area contributed by atoms with E-state index in [0.717, 1.165) is 6.42 Å². The summed E-state index contributed by atoms with van der Waals surface area (Å²) in [7, 11) is 0. The predicted octanol–water partition coefficient (Wildman–Crippen LogP) is 3.11. The van der Waals surface area contributed by atoms with Gasteiger partial charge in [-0.3, -0.25) is 19.2 Å². The first-order chi connectivity index (χ1) is 16.3. The molecule has 0 spiro atoms. The van der Waals surface area contributed by atoms with Crippen molar-refractivity contribution >= 4 is 46.7 Å². The van der Waals surface area contributed by atoms with E-state index in [1.54, 1.807) is 36.4 Å².